The first-order valence-corrected chi connectivity index (χ1v) is 8.01. The molecule has 1 fully saturated rings. The van der Waals surface area contributed by atoms with Crippen LogP contribution >= 0.6 is 8.25 Å². The Morgan fingerprint density at radius 1 is 1.35 bits per heavy atom. The first-order chi connectivity index (χ1) is 9.42. The number of hydrogen-bond acceptors (Lipinski definition) is 6. The molecular weight excluding hydrogens is 285 g/mol. The third kappa shape index (κ3) is 6.81. The molecule has 118 valence electrons. The lowest BCUT2D eigenvalue weighted by Gasteiger charge is -2.30. The Kier molecular flexibility index (Phi) is 7.69. The molecule has 0 aliphatic carbocycles. The monoisotopic (exact) mass is 309 g/mol. The fourth-order valence-electron chi connectivity index (χ4n) is 1.82. The van der Waals surface area contributed by atoms with Gasteiger partial charge in [0.15, 0.2) is 0 Å². The summed E-state index contributed by atoms with van der Waals surface area (Å²) in [7, 11) is -2.95. The summed E-state index contributed by atoms with van der Waals surface area (Å²) in [5, 5.41) is 0. The molecule has 8 heteroatoms. The van der Waals surface area contributed by atoms with Crippen LogP contribution in [0, 0.1) is 5.41 Å². The van der Waals surface area contributed by atoms with Crippen LogP contribution in [0.4, 0.5) is 0 Å². The van der Waals surface area contributed by atoms with Crippen molar-refractivity contribution in [1.82, 2.24) is 4.90 Å². The van der Waals surface area contributed by atoms with Crippen molar-refractivity contribution in [2.45, 2.75) is 20.3 Å². The Bertz CT molecular complexity index is 330. The molecule has 1 unspecified atom stereocenters. The third-order valence-corrected chi connectivity index (χ3v) is 3.70. The zero-order valence-electron chi connectivity index (χ0n) is 12.1. The molecule has 1 rings (SSSR count). The maximum atomic E-state index is 11.9. The standard InChI is InChI=1S/C12H24NO6P/c1-12(2,3-4-13-5-7-17-8-6-13)11(14)18-9-10-19-20(15)16/h20H,3-10H2,1-2H3,(H,15,16). The van der Waals surface area contributed by atoms with E-state index < -0.39 is 13.7 Å². The molecule has 0 saturated carbocycles. The quantitative estimate of drug-likeness (QED) is 0.401. The first kappa shape index (κ1) is 17.6. The van der Waals surface area contributed by atoms with Crippen molar-refractivity contribution in [2.75, 3.05) is 46.1 Å². The molecule has 1 heterocycles. The largest absolute Gasteiger partial charge is 0.463 e. The third-order valence-electron chi connectivity index (χ3n) is 3.25. The van der Waals surface area contributed by atoms with E-state index in [1.165, 1.54) is 0 Å². The van der Waals surface area contributed by atoms with Gasteiger partial charge >= 0.3 is 14.2 Å². The maximum Gasteiger partial charge on any atom is 0.316 e. The van der Waals surface area contributed by atoms with Gasteiger partial charge in [-0.3, -0.25) is 14.3 Å². The summed E-state index contributed by atoms with van der Waals surface area (Å²) >= 11 is 0. The molecule has 0 amide bonds. The number of carbonyl (C=O) groups excluding carboxylic acids is 1. The van der Waals surface area contributed by atoms with Gasteiger partial charge in [-0.15, -0.1) is 0 Å². The molecule has 20 heavy (non-hydrogen) atoms. The van der Waals surface area contributed by atoms with Gasteiger partial charge in [0.25, 0.3) is 0 Å². The van der Waals surface area contributed by atoms with Crippen LogP contribution in [0.5, 0.6) is 0 Å². The molecule has 7 nitrogen and oxygen atoms in total. The first-order valence-electron chi connectivity index (χ1n) is 6.75. The molecule has 1 N–H and O–H groups in total. The van der Waals surface area contributed by atoms with Gasteiger partial charge in [-0.2, -0.15) is 0 Å². The van der Waals surface area contributed by atoms with Crippen molar-refractivity contribution in [3.05, 3.63) is 0 Å². The average molecular weight is 309 g/mol. The Labute approximate surface area is 120 Å². The summed E-state index contributed by atoms with van der Waals surface area (Å²) in [5.74, 6) is -0.313. The fourth-order valence-corrected chi connectivity index (χ4v) is 2.08. The Morgan fingerprint density at radius 3 is 2.60 bits per heavy atom. The molecule has 1 aliphatic heterocycles. The van der Waals surface area contributed by atoms with Crippen molar-refractivity contribution in [2.24, 2.45) is 5.41 Å². The highest BCUT2D eigenvalue weighted by Gasteiger charge is 2.30. The van der Waals surface area contributed by atoms with Crippen molar-refractivity contribution in [1.29, 1.82) is 0 Å². The summed E-state index contributed by atoms with van der Waals surface area (Å²) in [4.78, 5) is 22.7. The number of nitrogens with zero attached hydrogens (tertiary/aromatic N) is 1. The van der Waals surface area contributed by atoms with E-state index in [9.17, 15) is 9.36 Å². The van der Waals surface area contributed by atoms with E-state index in [4.69, 9.17) is 14.4 Å². The number of ether oxygens (including phenoxy) is 2. The van der Waals surface area contributed by atoms with Gasteiger partial charge in [0.1, 0.15) is 6.61 Å². The number of hydrogen-bond donors (Lipinski definition) is 1. The van der Waals surface area contributed by atoms with Gasteiger partial charge in [-0.1, -0.05) is 0 Å². The van der Waals surface area contributed by atoms with E-state index in [0.717, 1.165) is 32.8 Å². The predicted molar refractivity (Wildman–Crippen MR) is 73.8 cm³/mol. The lowest BCUT2D eigenvalue weighted by Crippen LogP contribution is -2.39. The summed E-state index contributed by atoms with van der Waals surface area (Å²) in [6.45, 7) is 7.71. The van der Waals surface area contributed by atoms with E-state index >= 15 is 0 Å². The second-order valence-corrected chi connectivity index (χ2v) is 6.16. The highest BCUT2D eigenvalue weighted by Crippen LogP contribution is 2.23. The number of morpholine rings is 1. The zero-order chi connectivity index (χ0) is 15.0. The van der Waals surface area contributed by atoms with Gasteiger partial charge in [0, 0.05) is 13.1 Å². The van der Waals surface area contributed by atoms with Crippen LogP contribution in [0.25, 0.3) is 0 Å². The van der Waals surface area contributed by atoms with Crippen molar-refractivity contribution >= 4 is 14.2 Å². The highest BCUT2D eigenvalue weighted by atomic mass is 31.1. The van der Waals surface area contributed by atoms with Crippen LogP contribution in [0.3, 0.4) is 0 Å². The van der Waals surface area contributed by atoms with Crippen LogP contribution in [-0.4, -0.2) is 61.8 Å². The van der Waals surface area contributed by atoms with Crippen LogP contribution < -0.4 is 0 Å². The van der Waals surface area contributed by atoms with E-state index in [2.05, 4.69) is 9.42 Å². The second kappa shape index (κ2) is 8.74. The fraction of sp³-hybridized carbons (Fsp3) is 0.917. The molecule has 0 bridgehead atoms. The SMILES string of the molecule is CC(C)(CCN1CCOCC1)C(=O)OCCO[PH](=O)O. The lowest BCUT2D eigenvalue weighted by molar-refractivity contribution is -0.155. The topological polar surface area (TPSA) is 85.3 Å². The maximum absolute atomic E-state index is 11.9. The molecule has 0 aromatic rings. The van der Waals surface area contributed by atoms with Gasteiger partial charge in [-0.05, 0) is 26.8 Å². The summed E-state index contributed by atoms with van der Waals surface area (Å²) in [5.41, 5.74) is -0.581. The molecule has 1 aliphatic rings. The molecule has 0 radical (unpaired) electrons. The number of carbonyl (C=O) groups is 1. The zero-order valence-corrected chi connectivity index (χ0v) is 13.1. The average Bonchev–Trinajstić information content (AvgIpc) is 2.42. The van der Waals surface area contributed by atoms with Crippen LogP contribution in [0.2, 0.25) is 0 Å². The second-order valence-electron chi connectivity index (χ2n) is 5.34. The Balaban J connectivity index is 2.23. The van der Waals surface area contributed by atoms with Gasteiger partial charge in [0.2, 0.25) is 0 Å². The minimum Gasteiger partial charge on any atom is -0.463 e. The molecule has 1 saturated heterocycles. The minimum absolute atomic E-state index is 0.00319. The minimum atomic E-state index is -2.95. The Morgan fingerprint density at radius 2 is 2.00 bits per heavy atom. The van der Waals surface area contributed by atoms with Crippen LogP contribution in [0.1, 0.15) is 20.3 Å². The molecular formula is C12H24NO6P. The lowest BCUT2D eigenvalue weighted by atomic mass is 9.89. The van der Waals surface area contributed by atoms with Crippen molar-refractivity contribution in [3.63, 3.8) is 0 Å². The smallest absolute Gasteiger partial charge is 0.316 e. The number of esters is 1. The van der Waals surface area contributed by atoms with Crippen molar-refractivity contribution < 1.29 is 28.3 Å². The predicted octanol–water partition coefficient (Wildman–Crippen LogP) is 0.677. The van der Waals surface area contributed by atoms with Crippen LogP contribution in [0.15, 0.2) is 0 Å². The van der Waals surface area contributed by atoms with Gasteiger partial charge in [0.05, 0.1) is 25.2 Å². The summed E-state index contributed by atoms with van der Waals surface area (Å²) < 4.78 is 25.1. The summed E-state index contributed by atoms with van der Waals surface area (Å²) in [6, 6.07) is 0. The Hall–Kier alpha value is -0.460. The highest BCUT2D eigenvalue weighted by molar-refractivity contribution is 7.32. The van der Waals surface area contributed by atoms with Crippen LogP contribution in [-0.2, 0) is 23.4 Å². The van der Waals surface area contributed by atoms with Crippen molar-refractivity contribution in [3.8, 4) is 0 Å². The van der Waals surface area contributed by atoms with Gasteiger partial charge < -0.3 is 18.9 Å². The number of rotatable bonds is 8. The summed E-state index contributed by atoms with van der Waals surface area (Å²) in [6.07, 6.45) is 0.698. The van der Waals surface area contributed by atoms with E-state index in [1.54, 1.807) is 0 Å². The van der Waals surface area contributed by atoms with Gasteiger partial charge in [-0.25, -0.2) is 0 Å². The molecule has 0 aromatic heterocycles. The molecule has 0 aromatic carbocycles. The molecule has 1 atom stereocenters. The van der Waals surface area contributed by atoms with E-state index in [1.807, 2.05) is 13.8 Å². The van der Waals surface area contributed by atoms with E-state index in [-0.39, 0.29) is 19.2 Å². The normalized spacial score (nSPS) is 18.8. The van der Waals surface area contributed by atoms with E-state index in [0.29, 0.717) is 6.42 Å². The molecule has 0 spiro atoms.